The number of hydrogen-bond donors (Lipinski definition) is 2. The number of carbonyl (C=O) groups is 1. The number of anilines is 2. The molecule has 152 valence electrons. The van der Waals surface area contributed by atoms with Crippen molar-refractivity contribution in [1.29, 1.82) is 0 Å². The number of nitrogens with zero attached hydrogens (tertiary/aromatic N) is 2. The van der Waals surface area contributed by atoms with E-state index >= 15 is 0 Å². The summed E-state index contributed by atoms with van der Waals surface area (Å²) in [5, 5.41) is 2.14. The highest BCUT2D eigenvalue weighted by Crippen LogP contribution is 2.20. The lowest BCUT2D eigenvalue weighted by Gasteiger charge is -2.23. The molecule has 0 atom stereocenters. The fraction of sp³-hybridized carbons (Fsp3) is 0.318. The van der Waals surface area contributed by atoms with Crippen molar-refractivity contribution in [1.82, 2.24) is 9.55 Å². The Morgan fingerprint density at radius 2 is 1.83 bits per heavy atom. The molecule has 0 bridgehead atoms. The Morgan fingerprint density at radius 1 is 1.10 bits per heavy atom. The molecule has 2 aromatic carbocycles. The van der Waals surface area contributed by atoms with Gasteiger partial charge in [0.15, 0.2) is 5.69 Å². The average molecular weight is 394 g/mol. The van der Waals surface area contributed by atoms with Crippen LogP contribution in [0.2, 0.25) is 0 Å². The molecule has 0 spiro atoms. The topological polar surface area (TPSA) is 101 Å². The molecule has 0 saturated heterocycles. The number of nitrogen functional groups attached to an aromatic ring is 1. The third-order valence-electron chi connectivity index (χ3n) is 5.01. The number of aromatic nitrogens is 2. The number of nitrogens with one attached hydrogen (secondary N) is 1. The molecular formula is C22H26N4O3. The zero-order chi connectivity index (χ0) is 21.0. The summed E-state index contributed by atoms with van der Waals surface area (Å²) in [4.78, 5) is 41.3. The van der Waals surface area contributed by atoms with Crippen LogP contribution in [0.1, 0.15) is 32.3 Å². The standard InChI is InChI=1S/C22H26N4O3/c1-3-5-12-26-20(23)19(21(28)24-22(26)29)25(4-2)18(27)14-15-10-11-16-8-6-7-9-17(16)13-15/h6-11,13H,3-5,12,14,23H2,1-2H3,(H,24,28,29). The van der Waals surface area contributed by atoms with Crippen LogP contribution in [0, 0.1) is 0 Å². The smallest absolute Gasteiger partial charge is 0.330 e. The average Bonchev–Trinajstić information content (AvgIpc) is 2.70. The van der Waals surface area contributed by atoms with Crippen LogP contribution in [0.25, 0.3) is 10.8 Å². The minimum Gasteiger partial charge on any atom is -0.383 e. The van der Waals surface area contributed by atoms with Crippen LogP contribution in [0.5, 0.6) is 0 Å². The van der Waals surface area contributed by atoms with Crippen LogP contribution < -0.4 is 21.9 Å². The van der Waals surface area contributed by atoms with E-state index in [1.165, 1.54) is 9.47 Å². The van der Waals surface area contributed by atoms with E-state index in [0.29, 0.717) is 6.54 Å². The van der Waals surface area contributed by atoms with E-state index in [2.05, 4.69) is 4.98 Å². The van der Waals surface area contributed by atoms with Gasteiger partial charge in [0.25, 0.3) is 5.56 Å². The SMILES string of the molecule is CCCCn1c(N)c(N(CC)C(=O)Cc2ccc3ccccc3c2)c(=O)[nH]c1=O. The summed E-state index contributed by atoms with van der Waals surface area (Å²) in [6, 6.07) is 13.8. The predicted molar refractivity (Wildman–Crippen MR) is 116 cm³/mol. The lowest BCUT2D eigenvalue weighted by Crippen LogP contribution is -2.41. The molecule has 0 fully saturated rings. The fourth-order valence-electron chi connectivity index (χ4n) is 3.45. The number of benzene rings is 2. The molecular weight excluding hydrogens is 368 g/mol. The second kappa shape index (κ2) is 8.77. The molecule has 3 N–H and O–H groups in total. The van der Waals surface area contributed by atoms with Gasteiger partial charge in [-0.15, -0.1) is 0 Å². The van der Waals surface area contributed by atoms with Gasteiger partial charge < -0.3 is 10.6 Å². The summed E-state index contributed by atoms with van der Waals surface area (Å²) < 4.78 is 1.33. The van der Waals surface area contributed by atoms with E-state index < -0.39 is 11.2 Å². The first-order chi connectivity index (χ1) is 14.0. The Hall–Kier alpha value is -3.35. The molecule has 29 heavy (non-hydrogen) atoms. The van der Waals surface area contributed by atoms with E-state index in [9.17, 15) is 14.4 Å². The summed E-state index contributed by atoms with van der Waals surface area (Å²) in [6.07, 6.45) is 1.75. The highest BCUT2D eigenvalue weighted by Gasteiger charge is 2.23. The Bertz CT molecular complexity index is 1150. The molecule has 0 radical (unpaired) electrons. The lowest BCUT2D eigenvalue weighted by molar-refractivity contribution is -0.117. The van der Waals surface area contributed by atoms with Crippen molar-refractivity contribution in [3.63, 3.8) is 0 Å². The van der Waals surface area contributed by atoms with Crippen LogP contribution in [0.3, 0.4) is 0 Å². The normalized spacial score (nSPS) is 11.0. The zero-order valence-corrected chi connectivity index (χ0v) is 16.8. The maximum absolute atomic E-state index is 13.0. The molecule has 1 aromatic heterocycles. The summed E-state index contributed by atoms with van der Waals surface area (Å²) in [5.74, 6) is -0.221. The van der Waals surface area contributed by atoms with Crippen molar-refractivity contribution in [3.8, 4) is 0 Å². The number of H-pyrrole nitrogens is 1. The van der Waals surface area contributed by atoms with Crippen LogP contribution in [-0.4, -0.2) is 22.0 Å². The predicted octanol–water partition coefficient (Wildman–Crippen LogP) is 2.67. The Balaban J connectivity index is 1.94. The molecule has 3 aromatic rings. The quantitative estimate of drug-likeness (QED) is 0.643. The highest BCUT2D eigenvalue weighted by atomic mass is 16.2. The van der Waals surface area contributed by atoms with E-state index in [1.807, 2.05) is 49.4 Å². The second-order valence-electron chi connectivity index (χ2n) is 6.99. The molecule has 3 rings (SSSR count). The van der Waals surface area contributed by atoms with Gasteiger partial charge in [-0.1, -0.05) is 55.8 Å². The van der Waals surface area contributed by atoms with Gasteiger partial charge in [-0.05, 0) is 29.7 Å². The van der Waals surface area contributed by atoms with Gasteiger partial charge in [-0.3, -0.25) is 19.1 Å². The van der Waals surface area contributed by atoms with Crippen molar-refractivity contribution in [2.24, 2.45) is 0 Å². The van der Waals surface area contributed by atoms with Crippen molar-refractivity contribution in [2.75, 3.05) is 17.2 Å². The van der Waals surface area contributed by atoms with Crippen molar-refractivity contribution in [2.45, 2.75) is 39.7 Å². The highest BCUT2D eigenvalue weighted by molar-refractivity contribution is 5.97. The monoisotopic (exact) mass is 394 g/mol. The zero-order valence-electron chi connectivity index (χ0n) is 16.8. The molecule has 0 aliphatic heterocycles. The fourth-order valence-corrected chi connectivity index (χ4v) is 3.45. The third-order valence-corrected chi connectivity index (χ3v) is 5.01. The molecule has 0 aliphatic carbocycles. The molecule has 1 heterocycles. The summed E-state index contributed by atoms with van der Waals surface area (Å²) in [6.45, 7) is 4.44. The van der Waals surface area contributed by atoms with E-state index in [4.69, 9.17) is 5.73 Å². The number of rotatable bonds is 7. The lowest BCUT2D eigenvalue weighted by atomic mass is 10.0. The first kappa shape index (κ1) is 20.4. The summed E-state index contributed by atoms with van der Waals surface area (Å²) in [5.41, 5.74) is 5.84. The largest absolute Gasteiger partial charge is 0.383 e. The number of carbonyl (C=O) groups excluding carboxylic acids is 1. The van der Waals surface area contributed by atoms with Gasteiger partial charge in [0, 0.05) is 13.1 Å². The summed E-state index contributed by atoms with van der Waals surface area (Å²) in [7, 11) is 0. The molecule has 0 saturated carbocycles. The van der Waals surface area contributed by atoms with Crippen molar-refractivity contribution >= 4 is 28.2 Å². The van der Waals surface area contributed by atoms with Gasteiger partial charge in [-0.25, -0.2) is 4.79 Å². The van der Waals surface area contributed by atoms with Crippen molar-refractivity contribution in [3.05, 3.63) is 68.9 Å². The minimum atomic E-state index is -0.644. The van der Waals surface area contributed by atoms with Gasteiger partial charge in [0.1, 0.15) is 5.82 Å². The minimum absolute atomic E-state index is 0.0286. The molecule has 0 aliphatic rings. The van der Waals surface area contributed by atoms with Gasteiger partial charge in [-0.2, -0.15) is 0 Å². The molecule has 7 heteroatoms. The third kappa shape index (κ3) is 4.23. The van der Waals surface area contributed by atoms with Crippen molar-refractivity contribution < 1.29 is 4.79 Å². The second-order valence-corrected chi connectivity index (χ2v) is 6.99. The Morgan fingerprint density at radius 3 is 2.52 bits per heavy atom. The summed E-state index contributed by atoms with van der Waals surface area (Å²) >= 11 is 0. The van der Waals surface area contributed by atoms with Gasteiger partial charge >= 0.3 is 5.69 Å². The van der Waals surface area contributed by atoms with Gasteiger partial charge in [0.2, 0.25) is 5.91 Å². The number of fused-ring (bicyclic) bond motifs is 1. The maximum Gasteiger partial charge on any atom is 0.330 e. The van der Waals surface area contributed by atoms with Crippen LogP contribution in [0.15, 0.2) is 52.1 Å². The van der Waals surface area contributed by atoms with Crippen LogP contribution in [0.4, 0.5) is 11.5 Å². The maximum atomic E-state index is 13.0. The number of amides is 1. The first-order valence-corrected chi connectivity index (χ1v) is 9.86. The van der Waals surface area contributed by atoms with Crippen LogP contribution >= 0.6 is 0 Å². The number of likely N-dealkylation sites (N-methyl/N-ethyl adjacent to an activating group) is 1. The number of aromatic amines is 1. The first-order valence-electron chi connectivity index (χ1n) is 9.86. The molecule has 0 unspecified atom stereocenters. The Labute approximate surface area is 168 Å². The van der Waals surface area contributed by atoms with E-state index in [0.717, 1.165) is 29.2 Å². The number of unbranched alkanes of at least 4 members (excludes halogenated alkanes) is 1. The Kier molecular flexibility index (Phi) is 6.16. The molecule has 1 amide bonds. The van der Waals surface area contributed by atoms with Gasteiger partial charge in [0.05, 0.1) is 6.42 Å². The van der Waals surface area contributed by atoms with E-state index in [1.54, 1.807) is 6.92 Å². The number of hydrogen-bond acceptors (Lipinski definition) is 4. The number of nitrogens with two attached hydrogens (primary N) is 1. The van der Waals surface area contributed by atoms with Crippen LogP contribution in [-0.2, 0) is 17.8 Å². The molecule has 7 nitrogen and oxygen atoms in total. The van der Waals surface area contributed by atoms with E-state index in [-0.39, 0.29) is 30.4 Å².